The summed E-state index contributed by atoms with van der Waals surface area (Å²) in [6, 6.07) is 9.49. The molecule has 0 aliphatic carbocycles. The maximum Gasteiger partial charge on any atom is 0.254 e. The fourth-order valence-electron chi connectivity index (χ4n) is 3.21. The van der Waals surface area contributed by atoms with Crippen LogP contribution in [-0.4, -0.2) is 53.5 Å². The average Bonchev–Trinajstić information content (AvgIpc) is 3.15. The third-order valence-electron chi connectivity index (χ3n) is 4.48. The first-order chi connectivity index (χ1) is 12.3. The van der Waals surface area contributed by atoms with Gasteiger partial charge in [-0.1, -0.05) is 6.07 Å². The van der Waals surface area contributed by atoms with Crippen molar-refractivity contribution < 1.29 is 14.3 Å². The van der Waals surface area contributed by atoms with E-state index in [9.17, 15) is 4.79 Å². The van der Waals surface area contributed by atoms with Gasteiger partial charge in [0.05, 0.1) is 19.2 Å². The molecule has 0 radical (unpaired) electrons. The van der Waals surface area contributed by atoms with E-state index in [2.05, 4.69) is 5.10 Å². The van der Waals surface area contributed by atoms with Gasteiger partial charge in [-0.25, -0.2) is 0 Å². The van der Waals surface area contributed by atoms with E-state index in [4.69, 9.17) is 9.47 Å². The molecule has 2 aromatic rings. The Kier molecular flexibility index (Phi) is 6.06. The molecule has 1 aliphatic heterocycles. The molecule has 134 valence electrons. The molecule has 25 heavy (non-hydrogen) atoms. The van der Waals surface area contributed by atoms with Crippen LogP contribution in [0.4, 0.5) is 0 Å². The van der Waals surface area contributed by atoms with Gasteiger partial charge in [0.15, 0.2) is 0 Å². The molecule has 1 saturated heterocycles. The van der Waals surface area contributed by atoms with Crippen molar-refractivity contribution >= 4 is 5.91 Å². The Balaban J connectivity index is 1.70. The third-order valence-corrected chi connectivity index (χ3v) is 4.48. The highest BCUT2D eigenvalue weighted by atomic mass is 16.5. The minimum atomic E-state index is 0.0639. The summed E-state index contributed by atoms with van der Waals surface area (Å²) in [6.45, 7) is 2.53. The van der Waals surface area contributed by atoms with Crippen molar-refractivity contribution in [3.8, 4) is 5.75 Å². The summed E-state index contributed by atoms with van der Waals surface area (Å²) < 4.78 is 12.5. The second kappa shape index (κ2) is 8.67. The molecule has 1 aliphatic rings. The monoisotopic (exact) mass is 343 g/mol. The first-order valence-electron chi connectivity index (χ1n) is 8.78. The minimum absolute atomic E-state index is 0.0639. The van der Waals surface area contributed by atoms with E-state index < -0.39 is 0 Å². The van der Waals surface area contributed by atoms with E-state index in [0.29, 0.717) is 24.5 Å². The third kappa shape index (κ3) is 4.60. The molecule has 1 atom stereocenters. The van der Waals surface area contributed by atoms with E-state index >= 15 is 0 Å². The lowest BCUT2D eigenvalue weighted by Crippen LogP contribution is -2.45. The number of likely N-dealkylation sites (tertiary alicyclic amines) is 1. The highest BCUT2D eigenvalue weighted by Gasteiger charge is 2.28. The molecular weight excluding hydrogens is 318 g/mol. The largest absolute Gasteiger partial charge is 0.491 e. The SMILES string of the molecule is COCCOc1cccc(C(=O)N2CCCCC2Cn2cccn2)c1. The number of methoxy groups -OCH3 is 1. The van der Waals surface area contributed by atoms with Crippen LogP contribution in [0.5, 0.6) is 5.75 Å². The first kappa shape index (κ1) is 17.5. The maximum atomic E-state index is 13.0. The van der Waals surface area contributed by atoms with Gasteiger partial charge in [0.1, 0.15) is 12.4 Å². The quantitative estimate of drug-likeness (QED) is 0.725. The van der Waals surface area contributed by atoms with Gasteiger partial charge in [-0.05, 0) is 43.5 Å². The summed E-state index contributed by atoms with van der Waals surface area (Å²) >= 11 is 0. The van der Waals surface area contributed by atoms with Crippen LogP contribution >= 0.6 is 0 Å². The number of aromatic nitrogens is 2. The zero-order valence-corrected chi connectivity index (χ0v) is 14.6. The van der Waals surface area contributed by atoms with Crippen LogP contribution in [0.25, 0.3) is 0 Å². The second-order valence-corrected chi connectivity index (χ2v) is 6.25. The summed E-state index contributed by atoms with van der Waals surface area (Å²) in [5, 5.41) is 4.28. The lowest BCUT2D eigenvalue weighted by molar-refractivity contribution is 0.0583. The van der Waals surface area contributed by atoms with Crippen molar-refractivity contribution in [1.29, 1.82) is 0 Å². The Morgan fingerprint density at radius 2 is 2.20 bits per heavy atom. The Hall–Kier alpha value is -2.34. The predicted octanol–water partition coefficient (Wildman–Crippen LogP) is 2.60. The molecule has 6 heteroatoms. The number of piperidine rings is 1. The van der Waals surface area contributed by atoms with E-state index in [1.807, 2.05) is 46.1 Å². The van der Waals surface area contributed by atoms with Gasteiger partial charge in [-0.15, -0.1) is 0 Å². The number of rotatable bonds is 7. The fourth-order valence-corrected chi connectivity index (χ4v) is 3.21. The lowest BCUT2D eigenvalue weighted by atomic mass is 10.0. The zero-order valence-electron chi connectivity index (χ0n) is 14.6. The van der Waals surface area contributed by atoms with Gasteiger partial charge in [0, 0.05) is 31.6 Å². The smallest absolute Gasteiger partial charge is 0.254 e. The Morgan fingerprint density at radius 3 is 3.00 bits per heavy atom. The van der Waals surface area contributed by atoms with Crippen molar-refractivity contribution in [3.63, 3.8) is 0 Å². The highest BCUT2D eigenvalue weighted by Crippen LogP contribution is 2.22. The topological polar surface area (TPSA) is 56.6 Å². The molecule has 1 aromatic heterocycles. The van der Waals surface area contributed by atoms with Gasteiger partial charge in [-0.2, -0.15) is 5.10 Å². The van der Waals surface area contributed by atoms with Crippen molar-refractivity contribution in [2.75, 3.05) is 26.9 Å². The molecule has 0 saturated carbocycles. The normalized spacial score (nSPS) is 17.5. The molecule has 1 aromatic carbocycles. The molecular formula is C19H25N3O3. The number of hydrogen-bond donors (Lipinski definition) is 0. The van der Waals surface area contributed by atoms with Crippen LogP contribution in [-0.2, 0) is 11.3 Å². The summed E-state index contributed by atoms with van der Waals surface area (Å²) in [6.07, 6.45) is 6.92. The van der Waals surface area contributed by atoms with Crippen LogP contribution in [0.3, 0.4) is 0 Å². The molecule has 0 spiro atoms. The van der Waals surface area contributed by atoms with Crippen LogP contribution < -0.4 is 4.74 Å². The molecule has 1 amide bonds. The minimum Gasteiger partial charge on any atom is -0.491 e. The molecule has 1 unspecified atom stereocenters. The molecule has 3 rings (SSSR count). The van der Waals surface area contributed by atoms with Crippen LogP contribution in [0.1, 0.15) is 29.6 Å². The van der Waals surface area contributed by atoms with Crippen LogP contribution in [0.2, 0.25) is 0 Å². The van der Waals surface area contributed by atoms with E-state index in [0.717, 1.165) is 32.4 Å². The highest BCUT2D eigenvalue weighted by molar-refractivity contribution is 5.94. The zero-order chi connectivity index (χ0) is 17.5. The van der Waals surface area contributed by atoms with Crippen molar-refractivity contribution in [2.45, 2.75) is 31.8 Å². The number of carbonyl (C=O) groups excluding carboxylic acids is 1. The van der Waals surface area contributed by atoms with E-state index in [1.165, 1.54) is 0 Å². The number of carbonyl (C=O) groups is 1. The van der Waals surface area contributed by atoms with E-state index in [-0.39, 0.29) is 11.9 Å². The van der Waals surface area contributed by atoms with Gasteiger partial charge in [0.25, 0.3) is 5.91 Å². The average molecular weight is 343 g/mol. The van der Waals surface area contributed by atoms with Gasteiger partial charge in [-0.3, -0.25) is 9.48 Å². The number of hydrogen-bond acceptors (Lipinski definition) is 4. The fraction of sp³-hybridized carbons (Fsp3) is 0.474. The second-order valence-electron chi connectivity index (χ2n) is 6.25. The van der Waals surface area contributed by atoms with Crippen LogP contribution in [0, 0.1) is 0 Å². The molecule has 6 nitrogen and oxygen atoms in total. The van der Waals surface area contributed by atoms with Crippen molar-refractivity contribution in [3.05, 3.63) is 48.3 Å². The first-order valence-corrected chi connectivity index (χ1v) is 8.78. The number of nitrogens with zero attached hydrogens (tertiary/aromatic N) is 3. The van der Waals surface area contributed by atoms with Crippen LogP contribution in [0.15, 0.2) is 42.7 Å². The summed E-state index contributed by atoms with van der Waals surface area (Å²) in [5.41, 5.74) is 0.669. The Labute approximate surface area is 148 Å². The maximum absolute atomic E-state index is 13.0. The molecule has 1 fully saturated rings. The Morgan fingerprint density at radius 1 is 1.28 bits per heavy atom. The molecule has 0 N–H and O–H groups in total. The summed E-state index contributed by atoms with van der Waals surface area (Å²) in [4.78, 5) is 15.0. The lowest BCUT2D eigenvalue weighted by Gasteiger charge is -2.35. The van der Waals surface area contributed by atoms with Crippen molar-refractivity contribution in [1.82, 2.24) is 14.7 Å². The number of benzene rings is 1. The van der Waals surface area contributed by atoms with Gasteiger partial charge in [0.2, 0.25) is 0 Å². The molecule has 0 bridgehead atoms. The number of amides is 1. The summed E-state index contributed by atoms with van der Waals surface area (Å²) in [7, 11) is 1.64. The predicted molar refractivity (Wildman–Crippen MR) is 94.7 cm³/mol. The Bertz CT molecular complexity index is 672. The standard InChI is InChI=1S/C19H25N3O3/c1-24-12-13-25-18-8-4-6-16(14-18)19(23)22-11-3-2-7-17(22)15-21-10-5-9-20-21/h4-6,8-10,14,17H,2-3,7,11-13,15H2,1H3. The van der Waals surface area contributed by atoms with Gasteiger partial charge >= 0.3 is 0 Å². The summed E-state index contributed by atoms with van der Waals surface area (Å²) in [5.74, 6) is 0.762. The number of ether oxygens (including phenoxy) is 2. The van der Waals surface area contributed by atoms with Crippen molar-refractivity contribution in [2.24, 2.45) is 0 Å². The molecule has 2 heterocycles. The van der Waals surface area contributed by atoms with E-state index in [1.54, 1.807) is 13.3 Å². The van der Waals surface area contributed by atoms with Gasteiger partial charge < -0.3 is 14.4 Å².